The number of hydrogen-bond acceptors (Lipinski definition) is 4. The minimum atomic E-state index is 0.477. The summed E-state index contributed by atoms with van der Waals surface area (Å²) in [5, 5.41) is 7.62. The molecule has 3 atom stereocenters. The zero-order valence-electron chi connectivity index (χ0n) is 17.0. The molecule has 6 nitrogen and oxygen atoms in total. The van der Waals surface area contributed by atoms with Crippen molar-refractivity contribution >= 4 is 12.7 Å². The van der Waals surface area contributed by atoms with Gasteiger partial charge in [-0.2, -0.15) is 0 Å². The van der Waals surface area contributed by atoms with Crippen molar-refractivity contribution in [3.8, 4) is 0 Å². The van der Waals surface area contributed by atoms with Crippen LogP contribution in [0.4, 0.5) is 0 Å². The molecule has 154 valence electrons. The van der Waals surface area contributed by atoms with Gasteiger partial charge < -0.3 is 16.4 Å². The van der Waals surface area contributed by atoms with Crippen LogP contribution < -0.4 is 16.4 Å². The topological polar surface area (TPSA) is 87.7 Å². The monoisotopic (exact) mass is 384 g/mol. The summed E-state index contributed by atoms with van der Waals surface area (Å²) in [4.78, 5) is 12.4. The second-order valence-corrected chi connectivity index (χ2v) is 8.20. The molecule has 1 aromatic heterocycles. The Morgan fingerprint density at radius 1 is 1.14 bits per heavy atom. The summed E-state index contributed by atoms with van der Waals surface area (Å²) in [5.74, 6) is 1.38. The third kappa shape index (κ3) is 6.67. The van der Waals surface area contributed by atoms with Crippen LogP contribution in [0.15, 0.2) is 34.5 Å². The van der Waals surface area contributed by atoms with Crippen LogP contribution in [0, 0.1) is 5.92 Å². The summed E-state index contributed by atoms with van der Waals surface area (Å²) >= 11 is 0. The summed E-state index contributed by atoms with van der Waals surface area (Å²) in [6.07, 6.45) is 17.4. The van der Waals surface area contributed by atoms with E-state index in [1.165, 1.54) is 76.2 Å². The quantitative estimate of drug-likeness (QED) is 0.347. The molecule has 0 bridgehead atoms. The van der Waals surface area contributed by atoms with E-state index in [2.05, 4.69) is 37.7 Å². The van der Waals surface area contributed by atoms with Gasteiger partial charge in [0.1, 0.15) is 6.34 Å². The summed E-state index contributed by atoms with van der Waals surface area (Å²) in [6.45, 7) is 2.77. The van der Waals surface area contributed by atoms with E-state index >= 15 is 0 Å². The fourth-order valence-electron chi connectivity index (χ4n) is 4.75. The van der Waals surface area contributed by atoms with E-state index in [0.717, 1.165) is 19.0 Å². The van der Waals surface area contributed by atoms with Gasteiger partial charge in [-0.25, -0.2) is 4.99 Å². The largest absolute Gasteiger partial charge is 0.390 e. The van der Waals surface area contributed by atoms with Crippen molar-refractivity contribution in [2.75, 3.05) is 19.6 Å². The molecule has 3 rings (SSSR count). The molecule has 1 aromatic rings. The van der Waals surface area contributed by atoms with Crippen LogP contribution in [0.5, 0.6) is 0 Å². The number of aliphatic imine (C=N–C) groups is 2. The second-order valence-electron chi connectivity index (χ2n) is 8.20. The van der Waals surface area contributed by atoms with Crippen molar-refractivity contribution in [3.63, 3.8) is 0 Å². The smallest absolute Gasteiger partial charge is 0.111 e. The summed E-state index contributed by atoms with van der Waals surface area (Å²) in [6, 6.07) is 5.37. The molecule has 0 amide bonds. The Bertz CT molecular complexity index is 596. The summed E-state index contributed by atoms with van der Waals surface area (Å²) in [5.41, 5.74) is 6.57. The highest BCUT2D eigenvalue weighted by Crippen LogP contribution is 2.33. The lowest BCUT2D eigenvalue weighted by Gasteiger charge is -2.38. The average molecular weight is 385 g/mol. The van der Waals surface area contributed by atoms with Crippen LogP contribution in [0.3, 0.4) is 0 Å². The van der Waals surface area contributed by atoms with Gasteiger partial charge >= 0.3 is 0 Å². The van der Waals surface area contributed by atoms with Crippen molar-refractivity contribution in [3.05, 3.63) is 30.1 Å². The molecule has 1 heterocycles. The Kier molecular flexibility index (Phi) is 8.91. The SMILES string of the molecule is NC=NC=NCCNC1CCC(NCC2CCCCC2)CC1c1cccnc1. The van der Waals surface area contributed by atoms with E-state index in [-0.39, 0.29) is 0 Å². The number of aromatic nitrogens is 1. The normalized spacial score (nSPS) is 26.9. The predicted octanol–water partition coefficient (Wildman–Crippen LogP) is 2.86. The van der Waals surface area contributed by atoms with Gasteiger partial charge in [0.15, 0.2) is 0 Å². The third-order valence-corrected chi connectivity index (χ3v) is 6.26. The standard InChI is InChI=1S/C22H36N6/c23-16-26-17-25-11-12-27-22-9-8-20(28-14-18-5-2-1-3-6-18)13-21(22)19-7-4-10-24-15-19/h4,7,10,15-18,20-22,27-28H,1-3,5-6,8-9,11-14H2,(H2,23,25,26). The maximum Gasteiger partial charge on any atom is 0.111 e. The van der Waals surface area contributed by atoms with Gasteiger partial charge in [-0.1, -0.05) is 25.3 Å². The average Bonchev–Trinajstić information content (AvgIpc) is 2.76. The summed E-state index contributed by atoms with van der Waals surface area (Å²) in [7, 11) is 0. The molecule has 28 heavy (non-hydrogen) atoms. The Balaban J connectivity index is 1.52. The van der Waals surface area contributed by atoms with Gasteiger partial charge in [0.2, 0.25) is 0 Å². The fraction of sp³-hybridized carbons (Fsp3) is 0.682. The molecular weight excluding hydrogens is 348 g/mol. The van der Waals surface area contributed by atoms with E-state index in [4.69, 9.17) is 5.73 Å². The van der Waals surface area contributed by atoms with Gasteiger partial charge in [-0.3, -0.25) is 9.98 Å². The van der Waals surface area contributed by atoms with Crippen LogP contribution >= 0.6 is 0 Å². The van der Waals surface area contributed by atoms with Crippen molar-refractivity contribution < 1.29 is 0 Å². The number of pyridine rings is 1. The molecule has 3 unspecified atom stereocenters. The zero-order chi connectivity index (χ0) is 19.4. The molecule has 2 fully saturated rings. The van der Waals surface area contributed by atoms with Crippen LogP contribution in [0.25, 0.3) is 0 Å². The van der Waals surface area contributed by atoms with E-state index in [9.17, 15) is 0 Å². The zero-order valence-corrected chi connectivity index (χ0v) is 17.0. The number of rotatable bonds is 9. The minimum Gasteiger partial charge on any atom is -0.390 e. The summed E-state index contributed by atoms with van der Waals surface area (Å²) < 4.78 is 0. The molecule has 0 spiro atoms. The first-order valence-electron chi connectivity index (χ1n) is 10.9. The first-order chi connectivity index (χ1) is 13.9. The number of nitrogens with zero attached hydrogens (tertiary/aromatic N) is 3. The molecule has 0 aliphatic heterocycles. The van der Waals surface area contributed by atoms with E-state index in [0.29, 0.717) is 18.0 Å². The van der Waals surface area contributed by atoms with Gasteiger partial charge in [0.05, 0.1) is 12.9 Å². The van der Waals surface area contributed by atoms with Crippen molar-refractivity contribution in [2.24, 2.45) is 21.6 Å². The number of nitrogens with two attached hydrogens (primary N) is 1. The maximum absolute atomic E-state index is 5.22. The molecular formula is C22H36N6. The van der Waals surface area contributed by atoms with E-state index in [1.54, 1.807) is 0 Å². The third-order valence-electron chi connectivity index (χ3n) is 6.26. The lowest BCUT2D eigenvalue weighted by Crippen LogP contribution is -2.46. The van der Waals surface area contributed by atoms with Gasteiger partial charge in [0, 0.05) is 36.9 Å². The molecule has 0 aromatic carbocycles. The van der Waals surface area contributed by atoms with Crippen molar-refractivity contribution in [1.82, 2.24) is 15.6 Å². The Hall–Kier alpha value is -1.79. The predicted molar refractivity (Wildman–Crippen MR) is 117 cm³/mol. The number of hydrogen-bond donors (Lipinski definition) is 3. The van der Waals surface area contributed by atoms with Gasteiger partial charge in [-0.05, 0) is 56.2 Å². The minimum absolute atomic E-state index is 0.477. The molecule has 0 radical (unpaired) electrons. The molecule has 2 aliphatic carbocycles. The first-order valence-corrected chi connectivity index (χ1v) is 10.9. The molecule has 4 N–H and O–H groups in total. The number of nitrogens with one attached hydrogen (secondary N) is 2. The lowest BCUT2D eigenvalue weighted by atomic mass is 9.77. The van der Waals surface area contributed by atoms with Gasteiger partial charge in [0.25, 0.3) is 0 Å². The highest BCUT2D eigenvalue weighted by atomic mass is 15.0. The molecule has 2 aliphatic rings. The Morgan fingerprint density at radius 2 is 2.04 bits per heavy atom. The molecule has 6 heteroatoms. The highest BCUT2D eigenvalue weighted by Gasteiger charge is 2.31. The second kappa shape index (κ2) is 11.9. The van der Waals surface area contributed by atoms with Crippen LogP contribution in [-0.4, -0.2) is 49.4 Å². The Labute approximate surface area is 169 Å². The highest BCUT2D eigenvalue weighted by molar-refractivity contribution is 5.69. The Morgan fingerprint density at radius 3 is 2.82 bits per heavy atom. The van der Waals surface area contributed by atoms with Crippen LogP contribution in [-0.2, 0) is 0 Å². The lowest BCUT2D eigenvalue weighted by molar-refractivity contribution is 0.252. The van der Waals surface area contributed by atoms with Crippen molar-refractivity contribution in [1.29, 1.82) is 0 Å². The van der Waals surface area contributed by atoms with E-state index < -0.39 is 0 Å². The van der Waals surface area contributed by atoms with Crippen LogP contribution in [0.1, 0.15) is 62.8 Å². The molecule has 2 saturated carbocycles. The maximum atomic E-state index is 5.22. The fourth-order valence-corrected chi connectivity index (χ4v) is 4.75. The van der Waals surface area contributed by atoms with Crippen LogP contribution in [0.2, 0.25) is 0 Å². The molecule has 0 saturated heterocycles. The van der Waals surface area contributed by atoms with Gasteiger partial charge in [-0.15, -0.1) is 0 Å². The van der Waals surface area contributed by atoms with E-state index in [1.807, 2.05) is 12.4 Å². The van der Waals surface area contributed by atoms with Crippen molar-refractivity contribution in [2.45, 2.75) is 69.4 Å². The first kappa shape index (κ1) is 20.9.